The average molecular weight is 424 g/mol. The lowest BCUT2D eigenvalue weighted by Crippen LogP contribution is -2.36. The molecule has 0 bridgehead atoms. The van der Waals surface area contributed by atoms with E-state index in [0.717, 1.165) is 29.3 Å². The minimum absolute atomic E-state index is 0.0448. The van der Waals surface area contributed by atoms with Crippen molar-refractivity contribution in [3.05, 3.63) is 75.9 Å². The summed E-state index contributed by atoms with van der Waals surface area (Å²) >= 11 is 1.72. The van der Waals surface area contributed by atoms with Gasteiger partial charge in [0.2, 0.25) is 0 Å². The molecular weight excluding hydrogens is 398 g/mol. The van der Waals surface area contributed by atoms with Crippen LogP contribution in [0.3, 0.4) is 0 Å². The lowest BCUT2D eigenvalue weighted by molar-refractivity contribution is -0.134. The van der Waals surface area contributed by atoms with E-state index in [1.54, 1.807) is 29.7 Å². The zero-order valence-corrected chi connectivity index (χ0v) is 18.2. The van der Waals surface area contributed by atoms with E-state index in [2.05, 4.69) is 18.4 Å². The molecule has 2 aromatic heterocycles. The Bertz CT molecular complexity index is 1020. The summed E-state index contributed by atoms with van der Waals surface area (Å²) in [4.78, 5) is 16.5. The van der Waals surface area contributed by atoms with Crippen LogP contribution in [0, 0.1) is 6.92 Å². The van der Waals surface area contributed by atoms with Crippen LogP contribution in [0.25, 0.3) is 0 Å². The highest BCUT2D eigenvalue weighted by atomic mass is 32.1. The molecule has 1 atom stereocenters. The first kappa shape index (κ1) is 20.4. The van der Waals surface area contributed by atoms with Crippen molar-refractivity contribution in [1.29, 1.82) is 0 Å². The number of amides is 1. The number of furan rings is 1. The van der Waals surface area contributed by atoms with Gasteiger partial charge in [0.05, 0.1) is 25.6 Å². The van der Waals surface area contributed by atoms with E-state index in [1.165, 1.54) is 10.4 Å². The standard InChI is InChI=1S/C23H25N3O3S/c1-16-10-12-30-22(16)14-25(2)15-23(27)26-20(21-5-4-11-29-21)13-19(24-26)17-6-8-18(28-3)9-7-17/h4-12,20H,13-15H2,1-3H3. The van der Waals surface area contributed by atoms with Crippen LogP contribution in [-0.2, 0) is 11.3 Å². The van der Waals surface area contributed by atoms with E-state index in [9.17, 15) is 4.79 Å². The maximum absolute atomic E-state index is 13.2. The van der Waals surface area contributed by atoms with Crippen LogP contribution in [0.2, 0.25) is 0 Å². The summed E-state index contributed by atoms with van der Waals surface area (Å²) < 4.78 is 10.9. The Hall–Kier alpha value is -2.90. The Labute approximate surface area is 180 Å². The third-order valence-electron chi connectivity index (χ3n) is 5.25. The van der Waals surface area contributed by atoms with Gasteiger partial charge in [-0.15, -0.1) is 11.3 Å². The van der Waals surface area contributed by atoms with E-state index in [0.29, 0.717) is 6.42 Å². The van der Waals surface area contributed by atoms with Crippen molar-refractivity contribution in [3.8, 4) is 5.75 Å². The molecule has 1 aliphatic rings. The molecule has 0 spiro atoms. The number of methoxy groups -OCH3 is 1. The van der Waals surface area contributed by atoms with Crippen molar-refractivity contribution >= 4 is 23.0 Å². The maximum atomic E-state index is 13.2. The molecule has 156 valence electrons. The molecule has 3 heterocycles. The first-order chi connectivity index (χ1) is 14.5. The fourth-order valence-electron chi connectivity index (χ4n) is 3.57. The van der Waals surface area contributed by atoms with Gasteiger partial charge in [-0.1, -0.05) is 0 Å². The van der Waals surface area contributed by atoms with E-state index in [4.69, 9.17) is 14.3 Å². The Morgan fingerprint density at radius 3 is 2.73 bits per heavy atom. The Balaban J connectivity index is 1.53. The summed E-state index contributed by atoms with van der Waals surface area (Å²) in [6, 6.07) is 13.4. The molecule has 0 radical (unpaired) electrons. The van der Waals surface area contributed by atoms with Crippen molar-refractivity contribution in [2.24, 2.45) is 5.10 Å². The van der Waals surface area contributed by atoms with Gasteiger partial charge in [-0.05, 0) is 72.9 Å². The molecular formula is C23H25N3O3S. The lowest BCUT2D eigenvalue weighted by Gasteiger charge is -2.23. The van der Waals surface area contributed by atoms with Gasteiger partial charge in [-0.2, -0.15) is 5.10 Å². The second kappa shape index (κ2) is 8.85. The van der Waals surface area contributed by atoms with E-state index >= 15 is 0 Å². The average Bonchev–Trinajstić information content (AvgIpc) is 3.49. The van der Waals surface area contributed by atoms with Crippen molar-refractivity contribution in [3.63, 3.8) is 0 Å². The van der Waals surface area contributed by atoms with Crippen molar-refractivity contribution in [2.45, 2.75) is 25.9 Å². The molecule has 0 saturated carbocycles. The van der Waals surface area contributed by atoms with Crippen LogP contribution < -0.4 is 4.74 Å². The quantitative estimate of drug-likeness (QED) is 0.563. The van der Waals surface area contributed by atoms with Gasteiger partial charge in [0.1, 0.15) is 17.6 Å². The first-order valence-electron chi connectivity index (χ1n) is 9.84. The number of hydrogen-bond donors (Lipinski definition) is 0. The maximum Gasteiger partial charge on any atom is 0.257 e. The second-order valence-corrected chi connectivity index (χ2v) is 8.45. The molecule has 1 aliphatic heterocycles. The summed E-state index contributed by atoms with van der Waals surface area (Å²) in [6.07, 6.45) is 2.24. The zero-order chi connectivity index (χ0) is 21.1. The monoisotopic (exact) mass is 423 g/mol. The van der Waals surface area contributed by atoms with Crippen LogP contribution in [0.15, 0.2) is 63.6 Å². The molecule has 4 rings (SSSR count). The molecule has 6 nitrogen and oxygen atoms in total. The van der Waals surface area contributed by atoms with Crippen LogP contribution in [0.4, 0.5) is 0 Å². The molecule has 1 aromatic carbocycles. The number of ether oxygens (including phenoxy) is 1. The molecule has 1 unspecified atom stereocenters. The topological polar surface area (TPSA) is 58.3 Å². The normalized spacial score (nSPS) is 16.2. The number of likely N-dealkylation sites (N-methyl/N-ethyl adjacent to an activating group) is 1. The summed E-state index contributed by atoms with van der Waals surface area (Å²) in [7, 11) is 3.60. The Morgan fingerprint density at radius 2 is 2.10 bits per heavy atom. The first-order valence-corrected chi connectivity index (χ1v) is 10.7. The highest BCUT2D eigenvalue weighted by molar-refractivity contribution is 7.10. The molecule has 3 aromatic rings. The smallest absolute Gasteiger partial charge is 0.257 e. The van der Waals surface area contributed by atoms with Gasteiger partial charge >= 0.3 is 0 Å². The summed E-state index contributed by atoms with van der Waals surface area (Å²) in [5, 5.41) is 8.36. The fraction of sp³-hybridized carbons (Fsp3) is 0.304. The molecule has 7 heteroatoms. The fourth-order valence-corrected chi connectivity index (χ4v) is 4.56. The largest absolute Gasteiger partial charge is 0.497 e. The molecule has 30 heavy (non-hydrogen) atoms. The molecule has 1 amide bonds. The highest BCUT2D eigenvalue weighted by Crippen LogP contribution is 2.33. The number of nitrogens with zero attached hydrogens (tertiary/aromatic N) is 3. The second-order valence-electron chi connectivity index (χ2n) is 7.45. The van der Waals surface area contributed by atoms with Crippen molar-refractivity contribution in [1.82, 2.24) is 9.91 Å². The Morgan fingerprint density at radius 1 is 1.30 bits per heavy atom. The predicted molar refractivity (Wildman–Crippen MR) is 118 cm³/mol. The van der Waals surface area contributed by atoms with E-state index in [-0.39, 0.29) is 18.5 Å². The van der Waals surface area contributed by atoms with E-state index in [1.807, 2.05) is 48.3 Å². The van der Waals surface area contributed by atoms with Gasteiger partial charge < -0.3 is 9.15 Å². The minimum atomic E-state index is -0.235. The Kier molecular flexibility index (Phi) is 6.01. The van der Waals surface area contributed by atoms with E-state index < -0.39 is 0 Å². The van der Waals surface area contributed by atoms with Gasteiger partial charge in [-0.25, -0.2) is 5.01 Å². The number of aryl methyl sites for hydroxylation is 1. The molecule has 0 aliphatic carbocycles. The van der Waals surface area contributed by atoms with Crippen LogP contribution in [-0.4, -0.2) is 42.2 Å². The number of carbonyl (C=O) groups excluding carboxylic acids is 1. The van der Waals surface area contributed by atoms with Crippen LogP contribution >= 0.6 is 11.3 Å². The van der Waals surface area contributed by atoms with Gasteiger partial charge in [-0.3, -0.25) is 9.69 Å². The van der Waals surface area contributed by atoms with Gasteiger partial charge in [0, 0.05) is 17.8 Å². The number of hydrogen-bond acceptors (Lipinski definition) is 6. The SMILES string of the molecule is COc1ccc(C2=NN(C(=O)CN(C)Cc3sccc3C)C(c3ccco3)C2)cc1. The third kappa shape index (κ3) is 4.32. The molecule has 0 saturated heterocycles. The lowest BCUT2D eigenvalue weighted by atomic mass is 10.0. The van der Waals surface area contributed by atoms with Crippen molar-refractivity contribution in [2.75, 3.05) is 20.7 Å². The third-order valence-corrected chi connectivity index (χ3v) is 6.26. The number of benzene rings is 1. The highest BCUT2D eigenvalue weighted by Gasteiger charge is 2.35. The number of rotatable bonds is 7. The minimum Gasteiger partial charge on any atom is -0.497 e. The zero-order valence-electron chi connectivity index (χ0n) is 17.4. The number of carbonyl (C=O) groups is 1. The summed E-state index contributed by atoms with van der Waals surface area (Å²) in [6.45, 7) is 3.12. The summed E-state index contributed by atoms with van der Waals surface area (Å²) in [5.41, 5.74) is 3.10. The predicted octanol–water partition coefficient (Wildman–Crippen LogP) is 4.47. The molecule has 0 fully saturated rings. The van der Waals surface area contributed by atoms with Crippen LogP contribution in [0.5, 0.6) is 5.75 Å². The van der Waals surface area contributed by atoms with Crippen LogP contribution in [0.1, 0.15) is 34.2 Å². The summed E-state index contributed by atoms with van der Waals surface area (Å²) in [5.74, 6) is 1.49. The van der Waals surface area contributed by atoms with Gasteiger partial charge in [0.15, 0.2) is 0 Å². The number of thiophene rings is 1. The molecule has 0 N–H and O–H groups in total. The van der Waals surface area contributed by atoms with Gasteiger partial charge in [0.25, 0.3) is 5.91 Å². The number of hydrazone groups is 1. The van der Waals surface area contributed by atoms with Crippen molar-refractivity contribution < 1.29 is 13.9 Å².